The minimum atomic E-state index is -4.11. The third-order valence-corrected chi connectivity index (χ3v) is 3.95. The molecule has 1 N–H and O–H groups in total. The number of halogens is 3. The van der Waals surface area contributed by atoms with Crippen LogP contribution in [0.2, 0.25) is 0 Å². The monoisotopic (exact) mass is 288 g/mol. The lowest BCUT2D eigenvalue weighted by Gasteiger charge is -2.36. The van der Waals surface area contributed by atoms with Crippen molar-refractivity contribution in [2.24, 2.45) is 0 Å². The number of pyridine rings is 1. The van der Waals surface area contributed by atoms with E-state index in [2.05, 4.69) is 4.98 Å². The summed E-state index contributed by atoms with van der Waals surface area (Å²) in [5.41, 5.74) is 0.854. The van der Waals surface area contributed by atoms with Crippen molar-refractivity contribution >= 4 is 0 Å². The van der Waals surface area contributed by atoms with Crippen molar-refractivity contribution in [3.63, 3.8) is 0 Å². The standard InChI is InChI=1S/C14H19F3N2O/c1-10(9-14(15,16)17)19-6-3-11(4-7-19)12-2-5-18-13(20)8-12/h2,5,8,10-11H,3-4,6-7,9H2,1H3,(H,18,20). The van der Waals surface area contributed by atoms with E-state index in [-0.39, 0.29) is 11.5 Å². The average molecular weight is 288 g/mol. The van der Waals surface area contributed by atoms with Gasteiger partial charge in [-0.2, -0.15) is 13.2 Å². The van der Waals surface area contributed by atoms with Crippen LogP contribution >= 0.6 is 0 Å². The Morgan fingerprint density at radius 2 is 2.05 bits per heavy atom. The molecule has 0 bridgehead atoms. The van der Waals surface area contributed by atoms with Crippen LogP contribution in [0.3, 0.4) is 0 Å². The maximum absolute atomic E-state index is 12.4. The van der Waals surface area contributed by atoms with E-state index in [1.54, 1.807) is 19.2 Å². The summed E-state index contributed by atoms with van der Waals surface area (Å²) >= 11 is 0. The van der Waals surface area contributed by atoms with Crippen LogP contribution in [0.4, 0.5) is 13.2 Å². The van der Waals surface area contributed by atoms with Crippen LogP contribution in [0.1, 0.15) is 37.7 Å². The minimum Gasteiger partial charge on any atom is -0.329 e. The first-order valence-electron chi connectivity index (χ1n) is 6.84. The highest BCUT2D eigenvalue weighted by molar-refractivity contribution is 5.16. The first-order valence-corrected chi connectivity index (χ1v) is 6.84. The highest BCUT2D eigenvalue weighted by atomic mass is 19.4. The van der Waals surface area contributed by atoms with E-state index in [0.717, 1.165) is 18.4 Å². The fraction of sp³-hybridized carbons (Fsp3) is 0.643. The second kappa shape index (κ2) is 5.99. The zero-order valence-electron chi connectivity index (χ0n) is 11.4. The van der Waals surface area contributed by atoms with Gasteiger partial charge in [-0.15, -0.1) is 0 Å². The molecule has 1 unspecified atom stereocenters. The van der Waals surface area contributed by atoms with Crippen LogP contribution in [0, 0.1) is 0 Å². The third kappa shape index (κ3) is 4.10. The van der Waals surface area contributed by atoms with E-state index in [4.69, 9.17) is 0 Å². The highest BCUT2D eigenvalue weighted by Gasteiger charge is 2.33. The van der Waals surface area contributed by atoms with Crippen molar-refractivity contribution in [1.82, 2.24) is 9.88 Å². The lowest BCUT2D eigenvalue weighted by atomic mass is 9.89. The van der Waals surface area contributed by atoms with E-state index in [1.165, 1.54) is 0 Å². The van der Waals surface area contributed by atoms with E-state index >= 15 is 0 Å². The Balaban J connectivity index is 1.91. The number of alkyl halides is 3. The number of likely N-dealkylation sites (tertiary alicyclic amines) is 1. The van der Waals surface area contributed by atoms with Crippen LogP contribution in [0.5, 0.6) is 0 Å². The highest BCUT2D eigenvalue weighted by Crippen LogP contribution is 2.30. The molecule has 0 aliphatic carbocycles. The Morgan fingerprint density at radius 3 is 2.60 bits per heavy atom. The maximum atomic E-state index is 12.4. The van der Waals surface area contributed by atoms with Gasteiger partial charge in [-0.05, 0) is 50.4 Å². The van der Waals surface area contributed by atoms with Gasteiger partial charge in [0.15, 0.2) is 0 Å². The molecule has 2 rings (SSSR count). The topological polar surface area (TPSA) is 36.1 Å². The number of aromatic nitrogens is 1. The first kappa shape index (κ1) is 15.1. The Kier molecular flexibility index (Phi) is 4.52. The zero-order valence-corrected chi connectivity index (χ0v) is 11.4. The summed E-state index contributed by atoms with van der Waals surface area (Å²) in [7, 11) is 0. The number of nitrogens with one attached hydrogen (secondary N) is 1. The molecule has 20 heavy (non-hydrogen) atoms. The van der Waals surface area contributed by atoms with Gasteiger partial charge in [0.25, 0.3) is 0 Å². The zero-order chi connectivity index (χ0) is 14.8. The Labute approximate surface area is 115 Å². The summed E-state index contributed by atoms with van der Waals surface area (Å²) in [5, 5.41) is 0. The molecule has 3 nitrogen and oxygen atoms in total. The van der Waals surface area contributed by atoms with Gasteiger partial charge < -0.3 is 9.88 Å². The summed E-state index contributed by atoms with van der Waals surface area (Å²) in [6.07, 6.45) is -1.65. The third-order valence-electron chi connectivity index (χ3n) is 3.95. The Hall–Kier alpha value is -1.30. The maximum Gasteiger partial charge on any atom is 0.390 e. The molecule has 1 aliphatic rings. The normalized spacial score (nSPS) is 20.0. The smallest absolute Gasteiger partial charge is 0.329 e. The molecule has 1 aliphatic heterocycles. The van der Waals surface area contributed by atoms with Gasteiger partial charge in [-0.3, -0.25) is 4.79 Å². The van der Waals surface area contributed by atoms with Crippen molar-refractivity contribution in [2.45, 2.75) is 44.3 Å². The predicted molar refractivity (Wildman–Crippen MR) is 70.7 cm³/mol. The van der Waals surface area contributed by atoms with E-state index in [9.17, 15) is 18.0 Å². The second-order valence-corrected chi connectivity index (χ2v) is 5.46. The van der Waals surface area contributed by atoms with E-state index < -0.39 is 18.6 Å². The van der Waals surface area contributed by atoms with Gasteiger partial charge in [0, 0.05) is 18.3 Å². The molecule has 1 fully saturated rings. The van der Waals surface area contributed by atoms with Crippen LogP contribution in [0.25, 0.3) is 0 Å². The quantitative estimate of drug-likeness (QED) is 0.928. The fourth-order valence-corrected chi connectivity index (χ4v) is 2.85. The van der Waals surface area contributed by atoms with Crippen LogP contribution < -0.4 is 5.56 Å². The van der Waals surface area contributed by atoms with Crippen molar-refractivity contribution in [2.75, 3.05) is 13.1 Å². The molecule has 0 aromatic carbocycles. The molecule has 2 heterocycles. The number of H-pyrrole nitrogens is 1. The Bertz CT molecular complexity index is 490. The molecule has 0 saturated carbocycles. The summed E-state index contributed by atoms with van der Waals surface area (Å²) in [6, 6.07) is 2.98. The lowest BCUT2D eigenvalue weighted by molar-refractivity contribution is -0.146. The number of hydrogen-bond acceptors (Lipinski definition) is 2. The number of hydrogen-bond donors (Lipinski definition) is 1. The number of nitrogens with zero attached hydrogens (tertiary/aromatic N) is 1. The number of rotatable bonds is 3. The number of aromatic amines is 1. The molecule has 112 valence electrons. The number of piperidine rings is 1. The van der Waals surface area contributed by atoms with Crippen molar-refractivity contribution < 1.29 is 13.2 Å². The molecule has 1 aromatic heterocycles. The molecular weight excluding hydrogens is 269 g/mol. The van der Waals surface area contributed by atoms with Crippen molar-refractivity contribution in [3.05, 3.63) is 34.2 Å². The van der Waals surface area contributed by atoms with E-state index in [1.807, 2.05) is 11.0 Å². The van der Waals surface area contributed by atoms with Crippen LogP contribution in [-0.2, 0) is 0 Å². The SMILES string of the molecule is CC(CC(F)(F)F)N1CCC(c2cc[nH]c(=O)c2)CC1. The summed E-state index contributed by atoms with van der Waals surface area (Å²) in [4.78, 5) is 15.7. The van der Waals surface area contributed by atoms with Crippen molar-refractivity contribution in [1.29, 1.82) is 0 Å². The van der Waals surface area contributed by atoms with E-state index in [0.29, 0.717) is 13.1 Å². The predicted octanol–water partition coefficient (Wildman–Crippen LogP) is 2.90. The van der Waals surface area contributed by atoms with Crippen molar-refractivity contribution in [3.8, 4) is 0 Å². The first-order chi connectivity index (χ1) is 9.35. The molecule has 6 heteroatoms. The van der Waals surface area contributed by atoms with Crippen LogP contribution in [0.15, 0.2) is 23.1 Å². The molecule has 0 amide bonds. The Morgan fingerprint density at radius 1 is 1.40 bits per heavy atom. The van der Waals surface area contributed by atoms with Gasteiger partial charge in [0.1, 0.15) is 0 Å². The molecule has 0 radical (unpaired) electrons. The summed E-state index contributed by atoms with van der Waals surface area (Å²) < 4.78 is 37.1. The van der Waals surface area contributed by atoms with Gasteiger partial charge in [0.05, 0.1) is 6.42 Å². The van der Waals surface area contributed by atoms with Gasteiger partial charge in [0.2, 0.25) is 5.56 Å². The average Bonchev–Trinajstić information content (AvgIpc) is 2.37. The summed E-state index contributed by atoms with van der Waals surface area (Å²) in [5.74, 6) is 0.270. The minimum absolute atomic E-state index is 0.129. The van der Waals surface area contributed by atoms with Gasteiger partial charge in [-0.25, -0.2) is 0 Å². The molecular formula is C14H19F3N2O. The molecule has 1 saturated heterocycles. The second-order valence-electron chi connectivity index (χ2n) is 5.46. The lowest BCUT2D eigenvalue weighted by Crippen LogP contribution is -2.41. The van der Waals surface area contributed by atoms with Gasteiger partial charge >= 0.3 is 6.18 Å². The molecule has 0 spiro atoms. The molecule has 1 aromatic rings. The largest absolute Gasteiger partial charge is 0.390 e. The van der Waals surface area contributed by atoms with Crippen LogP contribution in [-0.4, -0.2) is 35.2 Å². The fourth-order valence-electron chi connectivity index (χ4n) is 2.85. The van der Waals surface area contributed by atoms with Gasteiger partial charge in [-0.1, -0.05) is 0 Å². The summed E-state index contributed by atoms with van der Waals surface area (Å²) in [6.45, 7) is 2.92. The molecule has 1 atom stereocenters.